The van der Waals surface area contributed by atoms with Crippen LogP contribution in [0, 0.1) is 0 Å². The van der Waals surface area contributed by atoms with E-state index in [1.54, 1.807) is 29.2 Å². The van der Waals surface area contributed by atoms with Crippen molar-refractivity contribution in [2.75, 3.05) is 38.2 Å². The van der Waals surface area contributed by atoms with Crippen LogP contribution in [0.15, 0.2) is 72.8 Å². The molecule has 39 heavy (non-hydrogen) atoms. The quantitative estimate of drug-likeness (QED) is 0.283. The van der Waals surface area contributed by atoms with Gasteiger partial charge in [-0.1, -0.05) is 36.4 Å². The summed E-state index contributed by atoms with van der Waals surface area (Å²) in [4.78, 5) is 21.3. The van der Waals surface area contributed by atoms with Crippen molar-refractivity contribution in [1.82, 2.24) is 14.3 Å². The van der Waals surface area contributed by atoms with Crippen LogP contribution < -0.4 is 14.4 Å². The fourth-order valence-electron chi connectivity index (χ4n) is 4.34. The zero-order valence-electron chi connectivity index (χ0n) is 21.0. The molecular formula is C28H25F3N4O3S. The van der Waals surface area contributed by atoms with Gasteiger partial charge in [0, 0.05) is 55.4 Å². The minimum absolute atomic E-state index is 0.201. The molecule has 1 fully saturated rings. The number of hydrogen-bond acceptors (Lipinski definition) is 7. The Bertz CT molecular complexity index is 1440. The summed E-state index contributed by atoms with van der Waals surface area (Å²) >= 11 is 1.12. The Kier molecular flexibility index (Phi) is 7.69. The number of methoxy groups -OCH3 is 1. The van der Waals surface area contributed by atoms with Gasteiger partial charge in [-0.2, -0.15) is 22.5 Å². The number of amides is 1. The summed E-state index contributed by atoms with van der Waals surface area (Å²) in [5.41, 5.74) is 1.29. The highest BCUT2D eigenvalue weighted by Gasteiger charge is 2.31. The maximum absolute atomic E-state index is 13.3. The van der Waals surface area contributed by atoms with Gasteiger partial charge in [-0.3, -0.25) is 4.79 Å². The van der Waals surface area contributed by atoms with E-state index >= 15 is 0 Å². The number of nitrogens with zero attached hydrogens (tertiary/aromatic N) is 4. The number of benzene rings is 3. The van der Waals surface area contributed by atoms with Crippen LogP contribution in [0.5, 0.6) is 16.7 Å². The number of rotatable bonds is 7. The fraction of sp³-hybridized carbons (Fsp3) is 0.250. The highest BCUT2D eigenvalue weighted by molar-refractivity contribution is 7.07. The summed E-state index contributed by atoms with van der Waals surface area (Å²) < 4.78 is 55.1. The summed E-state index contributed by atoms with van der Waals surface area (Å²) in [7, 11) is 1.51. The summed E-state index contributed by atoms with van der Waals surface area (Å²) in [5, 5.41) is 0.332. The highest BCUT2D eigenvalue weighted by Crippen LogP contribution is 2.34. The lowest BCUT2D eigenvalue weighted by Crippen LogP contribution is -2.48. The van der Waals surface area contributed by atoms with Gasteiger partial charge in [0.2, 0.25) is 0 Å². The summed E-state index contributed by atoms with van der Waals surface area (Å²) in [5.74, 6) is 1.22. The second kappa shape index (κ2) is 11.3. The molecule has 0 spiro atoms. The lowest BCUT2D eigenvalue weighted by Gasteiger charge is -2.36. The monoisotopic (exact) mass is 554 g/mol. The fourth-order valence-corrected chi connectivity index (χ4v) is 4.90. The van der Waals surface area contributed by atoms with Crippen molar-refractivity contribution in [2.45, 2.75) is 12.6 Å². The van der Waals surface area contributed by atoms with E-state index in [-0.39, 0.29) is 5.91 Å². The van der Waals surface area contributed by atoms with Gasteiger partial charge in [-0.15, -0.1) is 0 Å². The molecule has 0 N–H and O–H groups in total. The normalized spacial score (nSPS) is 13.8. The smallest absolute Gasteiger partial charge is 0.416 e. The SMILES string of the molecule is COc1ccc(C(=O)N2CCN(c3cccc(C(F)(F)F)c3)CC2)cc1Oc1nc(Cc2ccccc2)ns1. The van der Waals surface area contributed by atoms with Crippen molar-refractivity contribution in [3.8, 4) is 16.7 Å². The van der Waals surface area contributed by atoms with Crippen molar-refractivity contribution in [2.24, 2.45) is 0 Å². The van der Waals surface area contributed by atoms with E-state index in [9.17, 15) is 18.0 Å². The molecule has 202 valence electrons. The molecule has 5 rings (SSSR count). The molecule has 0 radical (unpaired) electrons. The van der Waals surface area contributed by atoms with E-state index in [0.29, 0.717) is 66.4 Å². The Morgan fingerprint density at radius 1 is 0.949 bits per heavy atom. The molecule has 1 amide bonds. The van der Waals surface area contributed by atoms with Gasteiger partial charge in [0.1, 0.15) is 0 Å². The maximum atomic E-state index is 13.3. The lowest BCUT2D eigenvalue weighted by atomic mass is 10.1. The molecule has 1 aliphatic rings. The average Bonchev–Trinajstić information content (AvgIpc) is 3.39. The third-order valence-electron chi connectivity index (χ3n) is 6.37. The number of hydrogen-bond donors (Lipinski definition) is 0. The largest absolute Gasteiger partial charge is 0.493 e. The molecule has 0 bridgehead atoms. The van der Waals surface area contributed by atoms with E-state index in [1.807, 2.05) is 35.2 Å². The average molecular weight is 555 g/mol. The zero-order chi connectivity index (χ0) is 27.4. The minimum atomic E-state index is -4.40. The molecule has 2 heterocycles. The molecule has 0 saturated carbocycles. The second-order valence-electron chi connectivity index (χ2n) is 8.93. The van der Waals surface area contributed by atoms with Gasteiger partial charge in [0.15, 0.2) is 17.3 Å². The number of anilines is 1. The molecule has 1 aliphatic heterocycles. The lowest BCUT2D eigenvalue weighted by molar-refractivity contribution is -0.137. The number of aromatic nitrogens is 2. The molecule has 3 aromatic carbocycles. The Morgan fingerprint density at radius 2 is 1.72 bits per heavy atom. The standard InChI is InChI=1S/C28H25F3N4O3S/c1-37-23-11-10-20(17-24(23)38-27-32-25(33-39-27)16-19-6-3-2-4-7-19)26(36)35-14-12-34(13-15-35)22-9-5-8-21(18-22)28(29,30)31/h2-11,17-18H,12-16H2,1H3. The topological polar surface area (TPSA) is 67.8 Å². The van der Waals surface area contributed by atoms with Gasteiger partial charge in [0.05, 0.1) is 12.7 Å². The summed E-state index contributed by atoms with van der Waals surface area (Å²) in [6.07, 6.45) is -3.83. The number of alkyl halides is 3. The van der Waals surface area contributed by atoms with Crippen molar-refractivity contribution in [3.05, 3.63) is 95.3 Å². The maximum Gasteiger partial charge on any atom is 0.416 e. The first-order valence-electron chi connectivity index (χ1n) is 12.2. The van der Waals surface area contributed by atoms with E-state index in [4.69, 9.17) is 9.47 Å². The third kappa shape index (κ3) is 6.31. The first-order valence-corrected chi connectivity index (χ1v) is 13.0. The first-order chi connectivity index (χ1) is 18.8. The van der Waals surface area contributed by atoms with Crippen LogP contribution in [-0.2, 0) is 12.6 Å². The highest BCUT2D eigenvalue weighted by atomic mass is 32.1. The Balaban J connectivity index is 1.25. The van der Waals surface area contributed by atoms with Gasteiger partial charge in [0.25, 0.3) is 11.1 Å². The van der Waals surface area contributed by atoms with Crippen molar-refractivity contribution in [3.63, 3.8) is 0 Å². The number of piperazine rings is 1. The van der Waals surface area contributed by atoms with Gasteiger partial charge < -0.3 is 19.3 Å². The van der Waals surface area contributed by atoms with Crippen LogP contribution in [0.4, 0.5) is 18.9 Å². The molecule has 1 aromatic heterocycles. The van der Waals surface area contributed by atoms with Crippen molar-refractivity contribution < 1.29 is 27.4 Å². The molecule has 7 nitrogen and oxygen atoms in total. The minimum Gasteiger partial charge on any atom is -0.493 e. The van der Waals surface area contributed by atoms with E-state index in [0.717, 1.165) is 29.2 Å². The van der Waals surface area contributed by atoms with E-state index < -0.39 is 11.7 Å². The zero-order valence-corrected chi connectivity index (χ0v) is 21.8. The van der Waals surface area contributed by atoms with Crippen LogP contribution in [0.25, 0.3) is 0 Å². The van der Waals surface area contributed by atoms with Gasteiger partial charge in [-0.05, 0) is 42.0 Å². The van der Waals surface area contributed by atoms with Crippen LogP contribution in [0.2, 0.25) is 0 Å². The van der Waals surface area contributed by atoms with Gasteiger partial charge >= 0.3 is 6.18 Å². The molecule has 4 aromatic rings. The predicted octanol–water partition coefficient (Wildman–Crippen LogP) is 5.91. The molecular weight excluding hydrogens is 529 g/mol. The number of ether oxygens (including phenoxy) is 2. The molecule has 0 atom stereocenters. The van der Waals surface area contributed by atoms with Crippen LogP contribution in [0.3, 0.4) is 0 Å². The molecule has 0 unspecified atom stereocenters. The predicted molar refractivity (Wildman–Crippen MR) is 142 cm³/mol. The van der Waals surface area contributed by atoms with Gasteiger partial charge in [-0.25, -0.2) is 0 Å². The number of carbonyl (C=O) groups excluding carboxylic acids is 1. The van der Waals surface area contributed by atoms with Crippen LogP contribution in [0.1, 0.15) is 27.3 Å². The number of halogens is 3. The third-order valence-corrected chi connectivity index (χ3v) is 7.00. The molecule has 0 aliphatic carbocycles. The molecule has 11 heteroatoms. The van der Waals surface area contributed by atoms with Crippen molar-refractivity contribution in [1.29, 1.82) is 0 Å². The first kappa shape index (κ1) is 26.5. The number of carbonyl (C=O) groups is 1. The summed E-state index contributed by atoms with van der Waals surface area (Å²) in [6.45, 7) is 1.58. The van der Waals surface area contributed by atoms with Crippen molar-refractivity contribution >= 4 is 23.1 Å². The Labute approximate surface area is 227 Å². The van der Waals surface area contributed by atoms with Crippen LogP contribution in [-0.4, -0.2) is 53.5 Å². The van der Waals surface area contributed by atoms with Crippen LogP contribution >= 0.6 is 11.5 Å². The summed E-state index contributed by atoms with van der Waals surface area (Å²) in [6, 6.07) is 20.0. The van der Waals surface area contributed by atoms with E-state index in [2.05, 4.69) is 9.36 Å². The second-order valence-corrected chi connectivity index (χ2v) is 9.65. The Hall–Kier alpha value is -4.12. The Morgan fingerprint density at radius 3 is 2.44 bits per heavy atom. The van der Waals surface area contributed by atoms with E-state index in [1.165, 1.54) is 13.2 Å². The molecule has 1 saturated heterocycles.